The summed E-state index contributed by atoms with van der Waals surface area (Å²) in [6, 6.07) is 7.70. The number of carbonyl (C=O) groups excluding carboxylic acids is 1. The predicted octanol–water partition coefficient (Wildman–Crippen LogP) is 2.69. The van der Waals surface area contributed by atoms with E-state index in [4.69, 9.17) is 4.74 Å². The van der Waals surface area contributed by atoms with E-state index in [9.17, 15) is 4.79 Å². The fourth-order valence-electron chi connectivity index (χ4n) is 1.83. The van der Waals surface area contributed by atoms with Crippen molar-refractivity contribution in [3.8, 4) is 0 Å². The molecule has 20 heavy (non-hydrogen) atoms. The van der Waals surface area contributed by atoms with Crippen LogP contribution in [0.2, 0.25) is 0 Å². The zero-order valence-electron chi connectivity index (χ0n) is 12.8. The molecule has 0 bridgehead atoms. The Hall–Kier alpha value is -1.55. The van der Waals surface area contributed by atoms with Gasteiger partial charge in [0, 0.05) is 44.6 Å². The van der Waals surface area contributed by atoms with Gasteiger partial charge in [0.1, 0.15) is 0 Å². The topological polar surface area (TPSA) is 41.6 Å². The highest BCUT2D eigenvalue weighted by Gasteiger charge is 2.05. The van der Waals surface area contributed by atoms with Crippen LogP contribution in [-0.2, 0) is 4.74 Å². The van der Waals surface area contributed by atoms with Gasteiger partial charge in [-0.2, -0.15) is 0 Å². The Kier molecular flexibility index (Phi) is 7.73. The molecule has 1 aromatic carbocycles. The Balaban J connectivity index is 2.32. The summed E-state index contributed by atoms with van der Waals surface area (Å²) in [5.41, 5.74) is 1.84. The van der Waals surface area contributed by atoms with Gasteiger partial charge in [0.2, 0.25) is 0 Å². The van der Waals surface area contributed by atoms with Crippen molar-refractivity contribution in [2.45, 2.75) is 26.7 Å². The average molecular weight is 278 g/mol. The average Bonchev–Trinajstić information content (AvgIpc) is 2.50. The molecule has 4 heteroatoms. The van der Waals surface area contributed by atoms with Crippen molar-refractivity contribution in [1.29, 1.82) is 0 Å². The van der Waals surface area contributed by atoms with Crippen LogP contribution >= 0.6 is 0 Å². The minimum Gasteiger partial charge on any atom is -0.382 e. The van der Waals surface area contributed by atoms with Crippen molar-refractivity contribution >= 4 is 11.6 Å². The van der Waals surface area contributed by atoms with E-state index in [1.165, 1.54) is 0 Å². The van der Waals surface area contributed by atoms with Crippen molar-refractivity contribution in [3.63, 3.8) is 0 Å². The normalized spacial score (nSPS) is 10.3. The van der Waals surface area contributed by atoms with Crippen molar-refractivity contribution in [2.75, 3.05) is 38.3 Å². The maximum absolute atomic E-state index is 11.9. The van der Waals surface area contributed by atoms with Crippen LogP contribution in [0.4, 0.5) is 5.69 Å². The van der Waals surface area contributed by atoms with Crippen LogP contribution in [0.25, 0.3) is 0 Å². The van der Waals surface area contributed by atoms with E-state index in [0.717, 1.165) is 38.3 Å². The molecule has 4 nitrogen and oxygen atoms in total. The van der Waals surface area contributed by atoms with Gasteiger partial charge in [-0.05, 0) is 51.0 Å². The fraction of sp³-hybridized carbons (Fsp3) is 0.562. The van der Waals surface area contributed by atoms with Crippen molar-refractivity contribution in [3.05, 3.63) is 29.8 Å². The van der Waals surface area contributed by atoms with Crippen LogP contribution in [0.1, 0.15) is 37.0 Å². The summed E-state index contributed by atoms with van der Waals surface area (Å²) in [5.74, 6) is -0.00730. The molecule has 112 valence electrons. The van der Waals surface area contributed by atoms with Crippen LogP contribution in [0.3, 0.4) is 0 Å². The predicted molar refractivity (Wildman–Crippen MR) is 83.4 cm³/mol. The van der Waals surface area contributed by atoms with E-state index in [1.54, 1.807) is 0 Å². The number of nitrogens with zero attached hydrogens (tertiary/aromatic N) is 1. The van der Waals surface area contributed by atoms with Gasteiger partial charge < -0.3 is 15.0 Å². The zero-order valence-corrected chi connectivity index (χ0v) is 12.8. The van der Waals surface area contributed by atoms with Gasteiger partial charge in [-0.3, -0.25) is 4.79 Å². The third-order valence-electron chi connectivity index (χ3n) is 3.25. The summed E-state index contributed by atoms with van der Waals surface area (Å²) >= 11 is 0. The number of unbranched alkanes of at least 4 members (excludes halogenated alkanes) is 1. The van der Waals surface area contributed by atoms with Crippen LogP contribution < -0.4 is 10.2 Å². The number of anilines is 1. The molecular formula is C16H26N2O2. The second-order valence-electron chi connectivity index (χ2n) is 4.72. The molecule has 1 rings (SSSR count). The Labute approximate surface area is 122 Å². The lowest BCUT2D eigenvalue weighted by Crippen LogP contribution is -2.24. The van der Waals surface area contributed by atoms with Gasteiger partial charge in [0.05, 0.1) is 0 Å². The Bertz CT molecular complexity index is 390. The fourth-order valence-corrected chi connectivity index (χ4v) is 1.83. The number of hydrogen-bond acceptors (Lipinski definition) is 3. The molecule has 0 heterocycles. The Morgan fingerprint density at radius 3 is 2.50 bits per heavy atom. The molecule has 0 spiro atoms. The second-order valence-corrected chi connectivity index (χ2v) is 4.72. The summed E-state index contributed by atoms with van der Waals surface area (Å²) in [5, 5.41) is 2.93. The van der Waals surface area contributed by atoms with Gasteiger partial charge in [0.25, 0.3) is 5.91 Å². The molecule has 0 aliphatic carbocycles. The van der Waals surface area contributed by atoms with E-state index in [2.05, 4.69) is 17.1 Å². The Morgan fingerprint density at radius 2 is 1.90 bits per heavy atom. The number of rotatable bonds is 9. The lowest BCUT2D eigenvalue weighted by atomic mass is 10.2. The van der Waals surface area contributed by atoms with E-state index in [-0.39, 0.29) is 5.91 Å². The SMILES string of the molecule is CCOCCCCNC(=O)c1ccc(N(C)CC)cc1. The van der Waals surface area contributed by atoms with E-state index < -0.39 is 0 Å². The summed E-state index contributed by atoms with van der Waals surface area (Å²) in [4.78, 5) is 14.1. The molecule has 1 N–H and O–H groups in total. The maximum Gasteiger partial charge on any atom is 0.251 e. The van der Waals surface area contributed by atoms with Crippen LogP contribution in [0.5, 0.6) is 0 Å². The molecule has 0 aliphatic rings. The molecule has 1 aromatic rings. The van der Waals surface area contributed by atoms with Crippen LogP contribution in [0.15, 0.2) is 24.3 Å². The smallest absolute Gasteiger partial charge is 0.251 e. The highest BCUT2D eigenvalue weighted by atomic mass is 16.5. The lowest BCUT2D eigenvalue weighted by Gasteiger charge is -2.16. The molecule has 0 unspecified atom stereocenters. The van der Waals surface area contributed by atoms with Crippen molar-refractivity contribution in [2.24, 2.45) is 0 Å². The molecule has 0 saturated heterocycles. The first-order valence-electron chi connectivity index (χ1n) is 7.36. The molecule has 0 aliphatic heterocycles. The van der Waals surface area contributed by atoms with Gasteiger partial charge in [-0.15, -0.1) is 0 Å². The Morgan fingerprint density at radius 1 is 1.20 bits per heavy atom. The van der Waals surface area contributed by atoms with Crippen LogP contribution in [0, 0.1) is 0 Å². The molecule has 0 radical (unpaired) electrons. The van der Waals surface area contributed by atoms with Gasteiger partial charge >= 0.3 is 0 Å². The van der Waals surface area contributed by atoms with Crippen molar-refractivity contribution in [1.82, 2.24) is 5.32 Å². The van der Waals surface area contributed by atoms with Crippen LogP contribution in [-0.4, -0.2) is 39.3 Å². The zero-order chi connectivity index (χ0) is 14.8. The molecule has 0 saturated carbocycles. The molecule has 1 amide bonds. The van der Waals surface area contributed by atoms with Crippen molar-refractivity contribution < 1.29 is 9.53 Å². The second kappa shape index (κ2) is 9.37. The molecular weight excluding hydrogens is 252 g/mol. The lowest BCUT2D eigenvalue weighted by molar-refractivity contribution is 0.0949. The molecule has 0 aromatic heterocycles. The van der Waals surface area contributed by atoms with Gasteiger partial charge in [0.15, 0.2) is 0 Å². The first-order chi connectivity index (χ1) is 9.69. The van der Waals surface area contributed by atoms with E-state index in [1.807, 2.05) is 38.2 Å². The third-order valence-corrected chi connectivity index (χ3v) is 3.25. The third kappa shape index (κ3) is 5.61. The molecule has 0 fully saturated rings. The highest BCUT2D eigenvalue weighted by molar-refractivity contribution is 5.94. The monoisotopic (exact) mass is 278 g/mol. The highest BCUT2D eigenvalue weighted by Crippen LogP contribution is 2.13. The number of nitrogens with one attached hydrogen (secondary N) is 1. The standard InChI is InChI=1S/C16H26N2O2/c1-4-18(3)15-10-8-14(9-11-15)16(19)17-12-6-7-13-20-5-2/h8-11H,4-7,12-13H2,1-3H3,(H,17,19). The largest absolute Gasteiger partial charge is 0.382 e. The first kappa shape index (κ1) is 16.5. The van der Waals surface area contributed by atoms with E-state index in [0.29, 0.717) is 12.1 Å². The van der Waals surface area contributed by atoms with E-state index >= 15 is 0 Å². The number of carbonyl (C=O) groups is 1. The number of benzene rings is 1. The number of ether oxygens (including phenoxy) is 1. The summed E-state index contributed by atoms with van der Waals surface area (Å²) in [6.07, 6.45) is 1.93. The number of hydrogen-bond donors (Lipinski definition) is 1. The van der Waals surface area contributed by atoms with Gasteiger partial charge in [-0.1, -0.05) is 0 Å². The first-order valence-corrected chi connectivity index (χ1v) is 7.36. The van der Waals surface area contributed by atoms with Gasteiger partial charge in [-0.25, -0.2) is 0 Å². The summed E-state index contributed by atoms with van der Waals surface area (Å²) < 4.78 is 5.25. The summed E-state index contributed by atoms with van der Waals surface area (Å²) in [7, 11) is 2.04. The quantitative estimate of drug-likeness (QED) is 0.706. The summed E-state index contributed by atoms with van der Waals surface area (Å²) in [6.45, 7) is 7.26. The maximum atomic E-state index is 11.9. The number of amides is 1. The minimum absolute atomic E-state index is 0.00730. The minimum atomic E-state index is -0.00730. The molecule has 0 atom stereocenters.